The second kappa shape index (κ2) is 6.26. The lowest BCUT2D eigenvalue weighted by Gasteiger charge is -2.18. The van der Waals surface area contributed by atoms with E-state index in [-0.39, 0.29) is 11.9 Å². The zero-order valence-electron chi connectivity index (χ0n) is 11.9. The van der Waals surface area contributed by atoms with E-state index in [0.717, 1.165) is 5.56 Å². The first-order chi connectivity index (χ1) is 10.0. The molecule has 0 aliphatic rings. The van der Waals surface area contributed by atoms with E-state index in [1.165, 1.54) is 19.2 Å². The summed E-state index contributed by atoms with van der Waals surface area (Å²) in [6.07, 6.45) is 0. The highest BCUT2D eigenvalue weighted by Crippen LogP contribution is 2.25. The minimum absolute atomic E-state index is 0.173. The predicted octanol–water partition coefficient (Wildman–Crippen LogP) is 3.37. The van der Waals surface area contributed by atoms with Gasteiger partial charge in [0.1, 0.15) is 5.82 Å². The van der Waals surface area contributed by atoms with E-state index < -0.39 is 5.97 Å². The number of methoxy groups -OCH3 is 1. The predicted molar refractivity (Wildman–Crippen MR) is 80.6 cm³/mol. The number of hydrogen-bond donors (Lipinski definition) is 2. The molecule has 110 valence electrons. The van der Waals surface area contributed by atoms with Crippen LogP contribution in [0.1, 0.15) is 28.9 Å². The third-order valence-electron chi connectivity index (χ3n) is 3.17. The molecule has 0 amide bonds. The number of esters is 1. The number of ether oxygens (including phenoxy) is 1. The first kappa shape index (κ1) is 14.8. The molecule has 0 bridgehead atoms. The van der Waals surface area contributed by atoms with E-state index in [9.17, 15) is 9.18 Å². The Bertz CT molecular complexity index is 658. The molecule has 21 heavy (non-hydrogen) atoms. The Morgan fingerprint density at radius 2 is 2.05 bits per heavy atom. The zero-order chi connectivity index (χ0) is 15.4. The van der Waals surface area contributed by atoms with Crippen molar-refractivity contribution in [3.8, 4) is 0 Å². The van der Waals surface area contributed by atoms with Crippen LogP contribution in [0.15, 0.2) is 42.5 Å². The fourth-order valence-electron chi connectivity index (χ4n) is 2.06. The van der Waals surface area contributed by atoms with Crippen molar-refractivity contribution in [2.24, 2.45) is 0 Å². The van der Waals surface area contributed by atoms with Gasteiger partial charge in [0.25, 0.3) is 0 Å². The lowest BCUT2D eigenvalue weighted by molar-refractivity contribution is 0.0602. The SMILES string of the molecule is COC(=O)c1cc(N)ccc1NC(C)c1cccc(F)c1. The number of rotatable bonds is 4. The van der Waals surface area contributed by atoms with E-state index >= 15 is 0 Å². The van der Waals surface area contributed by atoms with Gasteiger partial charge < -0.3 is 15.8 Å². The van der Waals surface area contributed by atoms with Crippen molar-refractivity contribution in [2.75, 3.05) is 18.2 Å². The zero-order valence-corrected chi connectivity index (χ0v) is 11.9. The van der Waals surface area contributed by atoms with Crippen molar-refractivity contribution in [3.63, 3.8) is 0 Å². The van der Waals surface area contributed by atoms with E-state index in [0.29, 0.717) is 16.9 Å². The Hall–Kier alpha value is -2.56. The van der Waals surface area contributed by atoms with Gasteiger partial charge in [-0.05, 0) is 42.8 Å². The smallest absolute Gasteiger partial charge is 0.340 e. The summed E-state index contributed by atoms with van der Waals surface area (Å²) < 4.78 is 18.0. The lowest BCUT2D eigenvalue weighted by atomic mass is 10.1. The second-order valence-electron chi connectivity index (χ2n) is 4.72. The Morgan fingerprint density at radius 1 is 1.29 bits per heavy atom. The number of carbonyl (C=O) groups excluding carboxylic acids is 1. The van der Waals surface area contributed by atoms with Crippen molar-refractivity contribution in [1.82, 2.24) is 0 Å². The van der Waals surface area contributed by atoms with E-state index in [2.05, 4.69) is 5.32 Å². The van der Waals surface area contributed by atoms with Gasteiger partial charge in [0.15, 0.2) is 0 Å². The fourth-order valence-corrected chi connectivity index (χ4v) is 2.06. The molecule has 0 saturated carbocycles. The number of anilines is 2. The van der Waals surface area contributed by atoms with Crippen LogP contribution in [0.2, 0.25) is 0 Å². The maximum absolute atomic E-state index is 13.3. The summed E-state index contributed by atoms with van der Waals surface area (Å²) >= 11 is 0. The van der Waals surface area contributed by atoms with Crippen LogP contribution in [-0.4, -0.2) is 13.1 Å². The number of nitrogens with two attached hydrogens (primary N) is 1. The first-order valence-electron chi connectivity index (χ1n) is 6.51. The Labute approximate surface area is 122 Å². The molecule has 0 fully saturated rings. The molecule has 2 aromatic carbocycles. The highest BCUT2D eigenvalue weighted by atomic mass is 19.1. The molecular formula is C16H17FN2O2. The number of nitrogen functional groups attached to an aromatic ring is 1. The highest BCUT2D eigenvalue weighted by Gasteiger charge is 2.15. The summed E-state index contributed by atoms with van der Waals surface area (Å²) in [5.74, 6) is -0.775. The van der Waals surface area contributed by atoms with Gasteiger partial charge in [-0.1, -0.05) is 12.1 Å². The lowest BCUT2D eigenvalue weighted by Crippen LogP contribution is -2.12. The summed E-state index contributed by atoms with van der Waals surface area (Å²) in [6, 6.07) is 11.1. The molecule has 1 atom stereocenters. The molecule has 2 rings (SSSR count). The van der Waals surface area contributed by atoms with Gasteiger partial charge >= 0.3 is 5.97 Å². The van der Waals surface area contributed by atoms with Crippen molar-refractivity contribution in [1.29, 1.82) is 0 Å². The van der Waals surface area contributed by atoms with Gasteiger partial charge in [-0.25, -0.2) is 9.18 Å². The largest absolute Gasteiger partial charge is 0.465 e. The van der Waals surface area contributed by atoms with Gasteiger partial charge in [-0.2, -0.15) is 0 Å². The summed E-state index contributed by atoms with van der Waals surface area (Å²) in [7, 11) is 1.31. The molecule has 0 spiro atoms. The van der Waals surface area contributed by atoms with Crippen molar-refractivity contribution in [2.45, 2.75) is 13.0 Å². The average Bonchev–Trinajstić information content (AvgIpc) is 2.48. The van der Waals surface area contributed by atoms with Crippen LogP contribution in [0.3, 0.4) is 0 Å². The standard InChI is InChI=1S/C16H17FN2O2/c1-10(11-4-3-5-12(17)8-11)19-15-7-6-13(18)9-14(15)16(20)21-2/h3-10,19H,18H2,1-2H3. The minimum Gasteiger partial charge on any atom is -0.465 e. The van der Waals surface area contributed by atoms with Crippen molar-refractivity contribution in [3.05, 3.63) is 59.4 Å². The maximum Gasteiger partial charge on any atom is 0.340 e. The van der Waals surface area contributed by atoms with Crippen LogP contribution in [0, 0.1) is 5.82 Å². The van der Waals surface area contributed by atoms with Crippen LogP contribution in [-0.2, 0) is 4.74 Å². The molecule has 0 aromatic heterocycles. The molecule has 2 aromatic rings. The Balaban J connectivity index is 2.28. The molecule has 4 nitrogen and oxygen atoms in total. The molecule has 0 saturated heterocycles. The number of hydrogen-bond acceptors (Lipinski definition) is 4. The van der Waals surface area contributed by atoms with Gasteiger partial charge in [0.2, 0.25) is 0 Å². The monoisotopic (exact) mass is 288 g/mol. The number of carbonyl (C=O) groups is 1. The van der Waals surface area contributed by atoms with E-state index in [1.54, 1.807) is 24.3 Å². The molecule has 0 aliphatic heterocycles. The third kappa shape index (κ3) is 3.51. The van der Waals surface area contributed by atoms with Crippen LogP contribution in [0.4, 0.5) is 15.8 Å². The second-order valence-corrected chi connectivity index (χ2v) is 4.72. The van der Waals surface area contributed by atoms with Gasteiger partial charge in [0.05, 0.1) is 12.7 Å². The number of halogens is 1. The summed E-state index contributed by atoms with van der Waals surface area (Å²) in [4.78, 5) is 11.8. The maximum atomic E-state index is 13.3. The van der Waals surface area contributed by atoms with Gasteiger partial charge in [0, 0.05) is 17.4 Å². The fraction of sp³-hybridized carbons (Fsp3) is 0.188. The van der Waals surface area contributed by atoms with Crippen molar-refractivity contribution >= 4 is 17.3 Å². The number of benzene rings is 2. The van der Waals surface area contributed by atoms with Crippen LogP contribution in [0.5, 0.6) is 0 Å². The average molecular weight is 288 g/mol. The third-order valence-corrected chi connectivity index (χ3v) is 3.17. The quantitative estimate of drug-likeness (QED) is 0.669. The Kier molecular flexibility index (Phi) is 4.42. The molecular weight excluding hydrogens is 271 g/mol. The molecule has 0 radical (unpaired) electrons. The van der Waals surface area contributed by atoms with Gasteiger partial charge in [-0.3, -0.25) is 0 Å². The summed E-state index contributed by atoms with van der Waals surface area (Å²) in [5.41, 5.74) is 7.89. The Morgan fingerprint density at radius 3 is 2.71 bits per heavy atom. The molecule has 0 heterocycles. The highest BCUT2D eigenvalue weighted by molar-refractivity contribution is 5.96. The van der Waals surface area contributed by atoms with Crippen LogP contribution >= 0.6 is 0 Å². The molecule has 1 unspecified atom stereocenters. The summed E-state index contributed by atoms with van der Waals surface area (Å²) in [5, 5.41) is 3.17. The van der Waals surface area contributed by atoms with E-state index in [1.807, 2.05) is 13.0 Å². The minimum atomic E-state index is -0.476. The number of nitrogens with one attached hydrogen (secondary N) is 1. The topological polar surface area (TPSA) is 64.3 Å². The van der Waals surface area contributed by atoms with E-state index in [4.69, 9.17) is 10.5 Å². The van der Waals surface area contributed by atoms with Crippen LogP contribution in [0.25, 0.3) is 0 Å². The normalized spacial score (nSPS) is 11.8. The molecule has 5 heteroatoms. The van der Waals surface area contributed by atoms with Crippen LogP contribution < -0.4 is 11.1 Å². The van der Waals surface area contributed by atoms with Crippen molar-refractivity contribution < 1.29 is 13.9 Å². The molecule has 0 aliphatic carbocycles. The molecule has 3 N–H and O–H groups in total. The first-order valence-corrected chi connectivity index (χ1v) is 6.51. The summed E-state index contributed by atoms with van der Waals surface area (Å²) in [6.45, 7) is 1.88. The van der Waals surface area contributed by atoms with Gasteiger partial charge in [-0.15, -0.1) is 0 Å².